The fourth-order valence-corrected chi connectivity index (χ4v) is 3.84. The Kier molecular flexibility index (Phi) is 4.57. The van der Waals surface area contributed by atoms with Crippen molar-refractivity contribution in [1.29, 1.82) is 0 Å². The van der Waals surface area contributed by atoms with Crippen LogP contribution in [0.4, 0.5) is 10.1 Å². The fourth-order valence-electron chi connectivity index (χ4n) is 2.27. The van der Waals surface area contributed by atoms with Crippen LogP contribution < -0.4 is 9.86 Å². The Hall–Kier alpha value is -2.69. The Morgan fingerprint density at radius 2 is 1.46 bits per heavy atom. The molecule has 0 saturated heterocycles. The monoisotopic (exact) mass is 395 g/mol. The number of sulfonamides is 2. The van der Waals surface area contributed by atoms with Crippen molar-refractivity contribution in [2.24, 2.45) is 5.14 Å². The van der Waals surface area contributed by atoms with E-state index in [1.165, 1.54) is 12.1 Å². The smallest absolute Gasteiger partial charge is 0.261 e. The van der Waals surface area contributed by atoms with E-state index in [-0.39, 0.29) is 15.5 Å². The van der Waals surface area contributed by atoms with Crippen LogP contribution in [-0.4, -0.2) is 21.4 Å². The third-order valence-corrected chi connectivity index (χ3v) is 5.87. The molecule has 3 aromatic rings. The lowest BCUT2D eigenvalue weighted by Crippen LogP contribution is -2.15. The van der Waals surface area contributed by atoms with Gasteiger partial charge in [0.15, 0.2) is 0 Å². The van der Waals surface area contributed by atoms with Gasteiger partial charge >= 0.3 is 0 Å². The zero-order valence-electron chi connectivity index (χ0n) is 13.2. The molecule has 136 valence electrons. The van der Waals surface area contributed by atoms with Gasteiger partial charge in [-0.3, -0.25) is 4.72 Å². The average molecular weight is 395 g/mol. The number of rotatable bonds is 5. The molecule has 0 aliphatic rings. The molecular weight excluding hydrogens is 381 g/mol. The van der Waals surface area contributed by atoms with Crippen LogP contribution in [0.2, 0.25) is 0 Å². The first-order valence-electron chi connectivity index (χ1n) is 7.25. The summed E-state index contributed by atoms with van der Waals surface area (Å²) in [6, 6.07) is 11.9. The maximum Gasteiger partial charge on any atom is 0.261 e. The second-order valence-electron chi connectivity index (χ2n) is 5.38. The Balaban J connectivity index is 1.93. The summed E-state index contributed by atoms with van der Waals surface area (Å²) in [6.07, 6.45) is 3.47. The maximum absolute atomic E-state index is 14.0. The number of nitrogens with zero attached hydrogens (tertiary/aromatic N) is 1. The summed E-state index contributed by atoms with van der Waals surface area (Å²) in [5.41, 5.74) is 0.338. The number of aromatic nitrogens is 1. The van der Waals surface area contributed by atoms with Gasteiger partial charge < -0.3 is 4.57 Å². The number of nitrogens with one attached hydrogen (secondary N) is 1. The van der Waals surface area contributed by atoms with Crippen molar-refractivity contribution < 1.29 is 21.2 Å². The van der Waals surface area contributed by atoms with E-state index >= 15 is 0 Å². The molecule has 0 spiro atoms. The topological polar surface area (TPSA) is 111 Å². The highest BCUT2D eigenvalue weighted by Gasteiger charge is 2.18. The van der Waals surface area contributed by atoms with Gasteiger partial charge in [-0.2, -0.15) is 0 Å². The first-order chi connectivity index (χ1) is 12.2. The van der Waals surface area contributed by atoms with Crippen LogP contribution in [-0.2, 0) is 20.0 Å². The van der Waals surface area contributed by atoms with E-state index in [0.29, 0.717) is 5.69 Å². The fraction of sp³-hybridized carbons (Fsp3) is 0. The first-order valence-corrected chi connectivity index (χ1v) is 10.3. The highest BCUT2D eigenvalue weighted by molar-refractivity contribution is 7.92. The summed E-state index contributed by atoms with van der Waals surface area (Å²) in [7, 11) is -8.06. The number of halogens is 1. The molecule has 0 atom stereocenters. The second-order valence-corrected chi connectivity index (χ2v) is 8.62. The summed E-state index contributed by atoms with van der Waals surface area (Å²) >= 11 is 0. The Labute approximate surface area is 150 Å². The molecule has 26 heavy (non-hydrogen) atoms. The molecule has 7 nitrogen and oxygen atoms in total. The van der Waals surface area contributed by atoms with Gasteiger partial charge in [0.2, 0.25) is 10.0 Å². The van der Waals surface area contributed by atoms with E-state index in [0.717, 1.165) is 30.3 Å². The van der Waals surface area contributed by atoms with Crippen molar-refractivity contribution in [2.75, 3.05) is 4.72 Å². The molecular formula is C16H14FN3O4S2. The highest BCUT2D eigenvalue weighted by Crippen LogP contribution is 2.23. The molecule has 10 heteroatoms. The Morgan fingerprint density at radius 1 is 0.885 bits per heavy atom. The third-order valence-electron chi connectivity index (χ3n) is 3.56. The van der Waals surface area contributed by atoms with E-state index in [1.54, 1.807) is 29.1 Å². The maximum atomic E-state index is 14.0. The Bertz CT molecular complexity index is 1140. The van der Waals surface area contributed by atoms with Gasteiger partial charge in [0, 0.05) is 18.1 Å². The number of benzene rings is 2. The molecule has 0 bridgehead atoms. The zero-order valence-corrected chi connectivity index (χ0v) is 14.8. The molecule has 1 heterocycles. The molecule has 0 fully saturated rings. The summed E-state index contributed by atoms with van der Waals surface area (Å²) in [6.45, 7) is 0. The van der Waals surface area contributed by atoms with E-state index in [2.05, 4.69) is 4.72 Å². The van der Waals surface area contributed by atoms with E-state index in [9.17, 15) is 21.2 Å². The summed E-state index contributed by atoms with van der Waals surface area (Å²) in [5, 5.41) is 4.98. The lowest BCUT2D eigenvalue weighted by Gasteiger charge is -2.11. The molecule has 0 saturated carbocycles. The van der Waals surface area contributed by atoms with Crippen molar-refractivity contribution in [3.8, 4) is 5.69 Å². The predicted molar refractivity (Wildman–Crippen MR) is 94.4 cm³/mol. The number of nitrogens with two attached hydrogens (primary N) is 1. The largest absolute Gasteiger partial charge is 0.324 e. The van der Waals surface area contributed by atoms with Crippen molar-refractivity contribution in [1.82, 2.24) is 4.57 Å². The van der Waals surface area contributed by atoms with Gasteiger partial charge in [-0.25, -0.2) is 26.4 Å². The number of primary sulfonamides is 1. The van der Waals surface area contributed by atoms with Crippen LogP contribution >= 0.6 is 0 Å². The molecule has 0 radical (unpaired) electrons. The van der Waals surface area contributed by atoms with Gasteiger partial charge in [0.1, 0.15) is 5.82 Å². The predicted octanol–water partition coefficient (Wildman–Crippen LogP) is 2.06. The van der Waals surface area contributed by atoms with Gasteiger partial charge in [-0.1, -0.05) is 0 Å². The van der Waals surface area contributed by atoms with Crippen LogP contribution in [0.5, 0.6) is 0 Å². The highest BCUT2D eigenvalue weighted by atomic mass is 32.2. The molecule has 3 N–H and O–H groups in total. The van der Waals surface area contributed by atoms with Gasteiger partial charge in [0.05, 0.1) is 15.5 Å². The molecule has 2 aromatic carbocycles. The lowest BCUT2D eigenvalue weighted by atomic mass is 10.2. The summed E-state index contributed by atoms with van der Waals surface area (Å²) in [5.74, 6) is -0.745. The van der Waals surface area contributed by atoms with E-state index < -0.39 is 25.9 Å². The first kappa shape index (κ1) is 18.1. The van der Waals surface area contributed by atoms with Gasteiger partial charge in [-0.15, -0.1) is 0 Å². The lowest BCUT2D eigenvalue weighted by molar-refractivity contribution is 0.594. The minimum Gasteiger partial charge on any atom is -0.324 e. The van der Waals surface area contributed by atoms with E-state index in [1.807, 2.05) is 0 Å². The molecule has 1 aromatic heterocycles. The van der Waals surface area contributed by atoms with Gasteiger partial charge in [0.25, 0.3) is 10.0 Å². The quantitative estimate of drug-likeness (QED) is 0.689. The number of hydrogen-bond donors (Lipinski definition) is 2. The molecule has 3 rings (SSSR count). The van der Waals surface area contributed by atoms with Crippen molar-refractivity contribution in [3.05, 3.63) is 72.8 Å². The third kappa shape index (κ3) is 3.77. The zero-order chi connectivity index (χ0) is 18.9. The molecule has 0 amide bonds. The van der Waals surface area contributed by atoms with Crippen LogP contribution in [0.15, 0.2) is 76.8 Å². The second kappa shape index (κ2) is 6.56. The van der Waals surface area contributed by atoms with Gasteiger partial charge in [-0.05, 0) is 54.6 Å². The van der Waals surface area contributed by atoms with Crippen LogP contribution in [0.1, 0.15) is 0 Å². The van der Waals surface area contributed by atoms with Crippen molar-refractivity contribution in [3.63, 3.8) is 0 Å². The van der Waals surface area contributed by atoms with Crippen LogP contribution in [0.25, 0.3) is 5.69 Å². The molecule has 0 unspecified atom stereocenters. The minimum absolute atomic E-state index is 0.225. The standard InChI is InChI=1S/C16H14FN3O4S2/c17-15-8-3-12(20-9-1-2-10-20)11-16(15)19-26(23,24)14-6-4-13(5-7-14)25(18,21)22/h1-11,19H,(H2,18,21,22). The summed E-state index contributed by atoms with van der Waals surface area (Å²) < 4.78 is 65.3. The van der Waals surface area contributed by atoms with Crippen LogP contribution in [0.3, 0.4) is 0 Å². The molecule has 0 aliphatic heterocycles. The number of anilines is 1. The number of hydrogen-bond acceptors (Lipinski definition) is 4. The van der Waals surface area contributed by atoms with Crippen LogP contribution in [0, 0.1) is 5.82 Å². The minimum atomic E-state index is -4.12. The van der Waals surface area contributed by atoms with Crippen molar-refractivity contribution >= 4 is 25.7 Å². The van der Waals surface area contributed by atoms with E-state index in [4.69, 9.17) is 5.14 Å². The Morgan fingerprint density at radius 3 is 2.04 bits per heavy atom. The average Bonchev–Trinajstić information content (AvgIpc) is 3.10. The summed E-state index contributed by atoms with van der Waals surface area (Å²) in [4.78, 5) is -0.451. The normalized spacial score (nSPS) is 12.1. The SMILES string of the molecule is NS(=O)(=O)c1ccc(S(=O)(=O)Nc2cc(-n3cccc3)ccc2F)cc1. The molecule has 0 aliphatic carbocycles. The van der Waals surface area contributed by atoms with Crippen molar-refractivity contribution in [2.45, 2.75) is 9.79 Å².